The van der Waals surface area contributed by atoms with Gasteiger partial charge in [0.1, 0.15) is 11.8 Å². The van der Waals surface area contributed by atoms with Crippen molar-refractivity contribution in [2.45, 2.75) is 37.8 Å². The van der Waals surface area contributed by atoms with Crippen LogP contribution in [0.2, 0.25) is 5.02 Å². The molecule has 198 valence electrons. The zero-order valence-electron chi connectivity index (χ0n) is 22.1. The van der Waals surface area contributed by atoms with Crippen molar-refractivity contribution in [2.24, 2.45) is 7.05 Å². The van der Waals surface area contributed by atoms with Crippen molar-refractivity contribution in [3.05, 3.63) is 82.3 Å². The number of ether oxygens (including phenoxy) is 1. The molecule has 3 heterocycles. The summed E-state index contributed by atoms with van der Waals surface area (Å²) in [6.07, 6.45) is 3.02. The number of sulfone groups is 1. The maximum atomic E-state index is 14.1. The number of carbonyl (C=O) groups excluding carboxylic acids is 1. The number of anilines is 1. The van der Waals surface area contributed by atoms with E-state index in [0.717, 1.165) is 22.6 Å². The summed E-state index contributed by atoms with van der Waals surface area (Å²) in [4.78, 5) is 16.1. The van der Waals surface area contributed by atoms with E-state index in [-0.39, 0.29) is 16.8 Å². The number of hydrogen-bond acceptors (Lipinski definition) is 5. The Morgan fingerprint density at radius 2 is 1.74 bits per heavy atom. The van der Waals surface area contributed by atoms with Crippen LogP contribution in [-0.2, 0) is 16.9 Å². The molecule has 1 aliphatic rings. The number of aryl methyl sites for hydroxylation is 2. The van der Waals surface area contributed by atoms with Gasteiger partial charge in [0.15, 0.2) is 9.84 Å². The summed E-state index contributed by atoms with van der Waals surface area (Å²) in [5.74, 6) is 0.362. The molecule has 0 spiro atoms. The number of carbonyl (C=O) groups is 1. The van der Waals surface area contributed by atoms with Crippen LogP contribution >= 0.6 is 11.6 Å². The second kappa shape index (κ2) is 9.32. The van der Waals surface area contributed by atoms with Crippen LogP contribution in [0.15, 0.2) is 59.6 Å². The van der Waals surface area contributed by atoms with Gasteiger partial charge in [-0.15, -0.1) is 0 Å². The fraction of sp³-hybridized carbons (Fsp3) is 0.286. The highest BCUT2D eigenvalue weighted by molar-refractivity contribution is 7.90. The Bertz CT molecular complexity index is 1670. The average molecular weight is 553 g/mol. The van der Waals surface area contributed by atoms with Gasteiger partial charge in [0, 0.05) is 36.1 Å². The Morgan fingerprint density at radius 3 is 2.29 bits per heavy atom. The summed E-state index contributed by atoms with van der Waals surface area (Å²) in [5, 5.41) is 5.08. The van der Waals surface area contributed by atoms with Crippen molar-refractivity contribution in [1.82, 2.24) is 14.3 Å². The van der Waals surface area contributed by atoms with Crippen LogP contribution < -0.4 is 9.64 Å². The summed E-state index contributed by atoms with van der Waals surface area (Å²) in [7, 11) is -0.0901. The molecular weight excluding hydrogens is 524 g/mol. The van der Waals surface area contributed by atoms with E-state index in [1.165, 1.54) is 12.3 Å². The average Bonchev–Trinajstić information content (AvgIpc) is 3.48. The van der Waals surface area contributed by atoms with Gasteiger partial charge >= 0.3 is 0 Å². The van der Waals surface area contributed by atoms with Crippen molar-refractivity contribution < 1.29 is 17.9 Å². The van der Waals surface area contributed by atoms with Gasteiger partial charge in [0.2, 0.25) is 0 Å². The third-order valence-electron chi connectivity index (χ3n) is 6.87. The lowest BCUT2D eigenvalue weighted by molar-refractivity contribution is 0.0993. The standard InChI is InChI=1S/C28H29ClN4O4S/c1-16(2)32-23(21-13-20(38(6,35)36)11-12-25(21)37-5)14-22-27(32)26(18-7-9-19(29)10-8-18)33(28(22)34)24-15-31(4)30-17(24)3/h7-16,26H,1-6H3. The molecule has 38 heavy (non-hydrogen) atoms. The van der Waals surface area contributed by atoms with Gasteiger partial charge in [-0.3, -0.25) is 14.4 Å². The Morgan fingerprint density at radius 1 is 1.05 bits per heavy atom. The summed E-state index contributed by atoms with van der Waals surface area (Å²) in [6, 6.07) is 13.6. The Labute approximate surface area is 227 Å². The number of methoxy groups -OCH3 is 1. The molecule has 0 saturated carbocycles. The number of rotatable bonds is 6. The van der Waals surface area contributed by atoms with Crippen LogP contribution in [0.5, 0.6) is 5.75 Å². The third kappa shape index (κ3) is 4.19. The molecule has 4 aromatic rings. The van der Waals surface area contributed by atoms with E-state index in [1.54, 1.807) is 28.8 Å². The minimum Gasteiger partial charge on any atom is -0.496 e. The number of amides is 1. The molecule has 0 radical (unpaired) electrons. The highest BCUT2D eigenvalue weighted by Gasteiger charge is 2.44. The van der Waals surface area contributed by atoms with Crippen LogP contribution in [0.3, 0.4) is 0 Å². The highest BCUT2D eigenvalue weighted by atomic mass is 35.5. The molecule has 8 nitrogen and oxygen atoms in total. The number of aromatic nitrogens is 3. The summed E-state index contributed by atoms with van der Waals surface area (Å²) >= 11 is 6.22. The van der Waals surface area contributed by atoms with E-state index in [2.05, 4.69) is 9.67 Å². The first-order chi connectivity index (χ1) is 17.9. The van der Waals surface area contributed by atoms with Crippen molar-refractivity contribution >= 4 is 33.0 Å². The Hall–Kier alpha value is -3.56. The fourth-order valence-electron chi connectivity index (χ4n) is 5.27. The second-order valence-corrected chi connectivity index (χ2v) is 12.3. The van der Waals surface area contributed by atoms with Gasteiger partial charge in [-0.2, -0.15) is 5.10 Å². The molecule has 0 N–H and O–H groups in total. The summed E-state index contributed by atoms with van der Waals surface area (Å²) < 4.78 is 34.2. The Balaban J connectivity index is 1.81. The molecule has 0 saturated heterocycles. The van der Waals surface area contributed by atoms with Crippen molar-refractivity contribution in [2.75, 3.05) is 18.3 Å². The minimum absolute atomic E-state index is 0.0575. The zero-order chi connectivity index (χ0) is 27.5. The first-order valence-corrected chi connectivity index (χ1v) is 14.4. The maximum Gasteiger partial charge on any atom is 0.261 e. The van der Waals surface area contributed by atoms with Gasteiger partial charge in [-0.25, -0.2) is 8.42 Å². The molecule has 0 aliphatic carbocycles. The van der Waals surface area contributed by atoms with Crippen LogP contribution in [0.1, 0.15) is 53.2 Å². The first-order valence-electron chi connectivity index (χ1n) is 12.1. The van der Waals surface area contributed by atoms with Gasteiger partial charge in [0.05, 0.1) is 40.3 Å². The molecule has 0 fully saturated rings. The Kier molecular flexibility index (Phi) is 6.39. The predicted molar refractivity (Wildman–Crippen MR) is 148 cm³/mol. The molecule has 1 atom stereocenters. The largest absolute Gasteiger partial charge is 0.496 e. The topological polar surface area (TPSA) is 86.4 Å². The van der Waals surface area contributed by atoms with E-state index < -0.39 is 15.9 Å². The number of benzene rings is 2. The van der Waals surface area contributed by atoms with Gasteiger partial charge in [-0.1, -0.05) is 23.7 Å². The summed E-state index contributed by atoms with van der Waals surface area (Å²) in [5.41, 5.74) is 5.03. The lowest BCUT2D eigenvalue weighted by atomic mass is 10.0. The summed E-state index contributed by atoms with van der Waals surface area (Å²) in [6.45, 7) is 5.96. The van der Waals surface area contributed by atoms with Crippen LogP contribution in [-0.4, -0.2) is 42.0 Å². The minimum atomic E-state index is -3.46. The zero-order valence-corrected chi connectivity index (χ0v) is 23.6. The van der Waals surface area contributed by atoms with Crippen LogP contribution in [0.4, 0.5) is 5.69 Å². The smallest absolute Gasteiger partial charge is 0.261 e. The van der Waals surface area contributed by atoms with E-state index >= 15 is 0 Å². The number of hydrogen-bond donors (Lipinski definition) is 0. The van der Waals surface area contributed by atoms with E-state index in [0.29, 0.717) is 27.6 Å². The van der Waals surface area contributed by atoms with E-state index in [4.69, 9.17) is 16.3 Å². The molecule has 10 heteroatoms. The molecule has 2 aromatic heterocycles. The monoisotopic (exact) mass is 552 g/mol. The van der Waals surface area contributed by atoms with Crippen LogP contribution in [0, 0.1) is 6.92 Å². The molecular formula is C28H29ClN4O4S. The molecule has 1 amide bonds. The van der Waals surface area contributed by atoms with E-state index in [9.17, 15) is 13.2 Å². The van der Waals surface area contributed by atoms with E-state index in [1.807, 2.05) is 64.3 Å². The number of fused-ring (bicyclic) bond motifs is 1. The number of halogens is 1. The van der Waals surface area contributed by atoms with Gasteiger partial charge in [0.25, 0.3) is 5.91 Å². The SMILES string of the molecule is COc1ccc(S(C)(=O)=O)cc1-c1cc2c(n1C(C)C)C(c1ccc(Cl)cc1)N(c1cn(C)nc1C)C2=O. The third-order valence-corrected chi connectivity index (χ3v) is 8.23. The highest BCUT2D eigenvalue weighted by Crippen LogP contribution is 2.48. The normalized spacial score (nSPS) is 15.4. The van der Waals surface area contributed by atoms with Gasteiger partial charge < -0.3 is 9.30 Å². The molecule has 2 aromatic carbocycles. The predicted octanol–water partition coefficient (Wildman–Crippen LogP) is 5.59. The molecule has 5 rings (SSSR count). The lowest BCUT2D eigenvalue weighted by Gasteiger charge is -2.29. The molecule has 1 aliphatic heterocycles. The van der Waals surface area contributed by atoms with Gasteiger partial charge in [-0.05, 0) is 62.7 Å². The van der Waals surface area contributed by atoms with Crippen molar-refractivity contribution in [1.29, 1.82) is 0 Å². The quantitative estimate of drug-likeness (QED) is 0.311. The van der Waals surface area contributed by atoms with Crippen molar-refractivity contribution in [3.8, 4) is 17.0 Å². The maximum absolute atomic E-state index is 14.1. The van der Waals surface area contributed by atoms with Crippen LogP contribution in [0.25, 0.3) is 11.3 Å². The fourth-order valence-corrected chi connectivity index (χ4v) is 6.04. The van der Waals surface area contributed by atoms with Crippen molar-refractivity contribution in [3.63, 3.8) is 0 Å². The lowest BCUT2D eigenvalue weighted by Crippen LogP contribution is -2.30. The number of nitrogens with zero attached hydrogens (tertiary/aromatic N) is 4. The second-order valence-electron chi connectivity index (χ2n) is 9.83. The molecule has 0 bridgehead atoms. The first kappa shape index (κ1) is 26.1. The molecule has 1 unspecified atom stereocenters.